The number of allylic oxidation sites excluding steroid dienone is 1. The molecule has 10 nitrogen and oxygen atoms in total. The van der Waals surface area contributed by atoms with Gasteiger partial charge in [0.05, 0.1) is 11.7 Å². The Morgan fingerprint density at radius 2 is 1.73 bits per heavy atom. The normalized spacial score (nSPS) is 19.1. The number of benzene rings is 2. The molecule has 6 rings (SSSR count). The number of fused-ring (bicyclic) bond motifs is 1. The van der Waals surface area contributed by atoms with Gasteiger partial charge in [0, 0.05) is 70.0 Å². The Morgan fingerprint density at radius 1 is 1.04 bits per heavy atom. The Morgan fingerprint density at radius 3 is 2.39 bits per heavy atom. The molecule has 1 atom stereocenters. The van der Waals surface area contributed by atoms with Crippen molar-refractivity contribution < 1.29 is 42.3 Å². The van der Waals surface area contributed by atoms with E-state index in [0.29, 0.717) is 18.4 Å². The van der Waals surface area contributed by atoms with Crippen molar-refractivity contribution in [2.45, 2.75) is 65.0 Å². The van der Waals surface area contributed by atoms with Gasteiger partial charge in [0.1, 0.15) is 12.6 Å². The fourth-order valence-electron chi connectivity index (χ4n) is 6.91. The molecule has 11 heteroatoms. The van der Waals surface area contributed by atoms with Crippen LogP contribution in [0.4, 0.5) is 5.69 Å². The molecule has 0 aliphatic carbocycles. The first kappa shape index (κ1) is 41.1. The Hall–Kier alpha value is -2.31. The molecule has 0 saturated carbocycles. The molecule has 3 fully saturated rings. The van der Waals surface area contributed by atoms with Crippen LogP contribution in [0.5, 0.6) is 0 Å². The van der Waals surface area contributed by atoms with Crippen molar-refractivity contribution in [1.29, 1.82) is 0 Å². The third-order valence-corrected chi connectivity index (χ3v) is 9.65. The number of aromatic nitrogens is 2. The van der Waals surface area contributed by atoms with Crippen LogP contribution in [0.2, 0.25) is 0 Å². The standard InChI is InChI=1S/C21H31N6O.C15H19N2O.C2H6.Y/c1-16-11-17(12-18-14-22-23-21(16)18)13-19(15-28)24-27-9-7-26(8-10-27)20-3-5-25(2)6-4-20;1-16-15-5-3-2-4-13(15)10-14(11-18)12-6-8-17-9-7-12;1-2;/h11-12,14-15,19-20H,3-10,13H2,1-2H3,(H,22,23);2-5,10-12,16H,6-9H2,1H3;1-2H3;/q2*-1;;/b;14-10+;;/t19-;;;/m1.../s1. The van der Waals surface area contributed by atoms with E-state index < -0.39 is 0 Å². The average Bonchev–Trinajstić information content (AvgIpc) is 3.62. The first-order valence-corrected chi connectivity index (χ1v) is 17.8. The molecular weight excluding hydrogens is 689 g/mol. The molecule has 4 heterocycles. The summed E-state index contributed by atoms with van der Waals surface area (Å²) in [4.78, 5) is 28.0. The molecule has 1 radical (unpaired) electrons. The molecule has 1 aromatic heterocycles. The van der Waals surface area contributed by atoms with E-state index in [9.17, 15) is 9.59 Å². The number of nitrogens with zero attached hydrogens (tertiary/aromatic N) is 6. The van der Waals surface area contributed by atoms with Crippen molar-refractivity contribution in [1.82, 2.24) is 25.0 Å². The summed E-state index contributed by atoms with van der Waals surface area (Å²) in [5.74, 6) is 0.366. The molecule has 2 aromatic carbocycles. The topological polar surface area (TPSA) is 113 Å². The van der Waals surface area contributed by atoms with Crippen LogP contribution in [0.25, 0.3) is 27.7 Å². The third kappa shape index (κ3) is 12.2. The van der Waals surface area contributed by atoms with E-state index in [1.807, 2.05) is 57.4 Å². The fraction of sp³-hybridized carbons (Fsp3) is 0.553. The van der Waals surface area contributed by atoms with Crippen LogP contribution < -0.4 is 5.32 Å². The average molecular weight is 746 g/mol. The molecule has 3 saturated heterocycles. The second kappa shape index (κ2) is 21.8. The van der Waals surface area contributed by atoms with Gasteiger partial charge in [-0.1, -0.05) is 57.0 Å². The molecule has 0 amide bonds. The van der Waals surface area contributed by atoms with E-state index in [1.54, 1.807) is 0 Å². The van der Waals surface area contributed by atoms with Crippen LogP contribution in [-0.2, 0) is 48.7 Å². The first-order chi connectivity index (χ1) is 23.5. The van der Waals surface area contributed by atoms with Gasteiger partial charge in [0.2, 0.25) is 0 Å². The molecule has 3 aromatic rings. The number of piperidine rings is 2. The van der Waals surface area contributed by atoms with E-state index in [4.69, 9.17) is 5.43 Å². The Balaban J connectivity index is 0.000000269. The molecule has 0 unspecified atom stereocenters. The van der Waals surface area contributed by atoms with Crippen molar-refractivity contribution in [3.63, 3.8) is 0 Å². The quantitative estimate of drug-likeness (QED) is 0.191. The molecule has 0 bridgehead atoms. The SMILES string of the molecule is CC.CNc1ccccc1/C=C(\C=O)C1CC[N-]CC1.Cc1cc(C[C@H](C=O)[N-]N2CCN(C3CCN(C)CC3)CC2)cc2cn[nH]c12.[Y]. The van der Waals surface area contributed by atoms with Crippen LogP contribution in [0.3, 0.4) is 0 Å². The largest absolute Gasteiger partial charge is 0.662 e. The molecule has 2 N–H and O–H groups in total. The summed E-state index contributed by atoms with van der Waals surface area (Å²) < 4.78 is 0. The van der Waals surface area contributed by atoms with Gasteiger partial charge in [-0.3, -0.25) is 14.8 Å². The summed E-state index contributed by atoms with van der Waals surface area (Å²) in [7, 11) is 4.10. The second-order valence-electron chi connectivity index (χ2n) is 12.8. The maximum Gasteiger partial charge on any atom is 0.146 e. The van der Waals surface area contributed by atoms with E-state index in [0.717, 1.165) is 104 Å². The summed E-state index contributed by atoms with van der Waals surface area (Å²) in [6.45, 7) is 14.1. The number of H-pyrrole nitrogens is 1. The number of hydrogen-bond acceptors (Lipinski definition) is 7. The monoisotopic (exact) mass is 745 g/mol. The smallest absolute Gasteiger partial charge is 0.146 e. The number of piperazine rings is 1. The summed E-state index contributed by atoms with van der Waals surface area (Å²) in [5, 5.41) is 17.8. The van der Waals surface area contributed by atoms with Crippen molar-refractivity contribution in [3.05, 3.63) is 75.6 Å². The van der Waals surface area contributed by atoms with Gasteiger partial charge in [-0.25, -0.2) is 0 Å². The number of rotatable bonds is 10. The van der Waals surface area contributed by atoms with Crippen LogP contribution in [-0.4, -0.2) is 116 Å². The van der Waals surface area contributed by atoms with Crippen LogP contribution in [0.1, 0.15) is 56.2 Å². The van der Waals surface area contributed by atoms with E-state index >= 15 is 0 Å². The molecule has 265 valence electrons. The van der Waals surface area contributed by atoms with Gasteiger partial charge in [0.15, 0.2) is 0 Å². The minimum Gasteiger partial charge on any atom is -0.662 e. The third-order valence-electron chi connectivity index (χ3n) is 9.65. The number of anilines is 1. The molecular formula is C38H56N8O2Y-2. The number of hydrogen-bond donors (Lipinski definition) is 2. The number of carbonyl (C=O) groups is 2. The van der Waals surface area contributed by atoms with Crippen molar-refractivity contribution in [3.8, 4) is 0 Å². The number of likely N-dealkylation sites (tertiary alicyclic amines) is 1. The molecule has 49 heavy (non-hydrogen) atoms. The van der Waals surface area contributed by atoms with E-state index in [2.05, 4.69) is 61.7 Å². The van der Waals surface area contributed by atoms with Crippen LogP contribution in [0.15, 0.2) is 48.2 Å². The number of aryl methyl sites for hydroxylation is 1. The molecule has 0 spiro atoms. The zero-order valence-electron chi connectivity index (χ0n) is 30.3. The van der Waals surface area contributed by atoms with E-state index in [1.165, 1.54) is 25.9 Å². The van der Waals surface area contributed by atoms with Gasteiger partial charge in [-0.2, -0.15) is 5.10 Å². The predicted molar refractivity (Wildman–Crippen MR) is 199 cm³/mol. The van der Waals surface area contributed by atoms with Crippen LogP contribution >= 0.6 is 0 Å². The van der Waals surface area contributed by atoms with Gasteiger partial charge >= 0.3 is 0 Å². The number of aromatic amines is 1. The van der Waals surface area contributed by atoms with Crippen molar-refractivity contribution in [2.75, 3.05) is 71.8 Å². The Bertz CT molecular complexity index is 1440. The molecule has 3 aliphatic rings. The summed E-state index contributed by atoms with van der Waals surface area (Å²) in [6.07, 6.45) is 11.0. The maximum atomic E-state index is 11.7. The summed E-state index contributed by atoms with van der Waals surface area (Å²) in [5.41, 5.74) is 11.1. The van der Waals surface area contributed by atoms with E-state index in [-0.39, 0.29) is 38.8 Å². The van der Waals surface area contributed by atoms with Gasteiger partial charge < -0.3 is 30.8 Å². The van der Waals surface area contributed by atoms with Gasteiger partial charge in [-0.05, 0) is 106 Å². The summed E-state index contributed by atoms with van der Waals surface area (Å²) in [6, 6.07) is 12.7. The number of para-hydroxylation sites is 1. The fourth-order valence-corrected chi connectivity index (χ4v) is 6.91. The first-order valence-electron chi connectivity index (χ1n) is 17.8. The zero-order chi connectivity index (χ0) is 34.3. The number of nitrogens with one attached hydrogen (secondary N) is 2. The minimum absolute atomic E-state index is 0. The molecule has 3 aliphatic heterocycles. The second-order valence-corrected chi connectivity index (χ2v) is 12.8. The van der Waals surface area contributed by atoms with Crippen molar-refractivity contribution >= 4 is 35.2 Å². The minimum atomic E-state index is -0.321. The van der Waals surface area contributed by atoms with Crippen molar-refractivity contribution in [2.24, 2.45) is 5.92 Å². The predicted octanol–water partition coefficient (Wildman–Crippen LogP) is 6.10. The Labute approximate surface area is 319 Å². The number of aldehydes is 2. The maximum absolute atomic E-state index is 11.7. The van der Waals surface area contributed by atoms with Gasteiger partial charge in [-0.15, -0.1) is 13.1 Å². The van der Waals surface area contributed by atoms with Gasteiger partial charge in [0.25, 0.3) is 0 Å². The summed E-state index contributed by atoms with van der Waals surface area (Å²) >= 11 is 0. The number of carbonyl (C=O) groups excluding carboxylic acids is 2. The Kier molecular flexibility index (Phi) is 18.3. The van der Waals surface area contributed by atoms with Crippen LogP contribution in [0, 0.1) is 12.8 Å². The zero-order valence-corrected chi connectivity index (χ0v) is 33.1.